The minimum Gasteiger partial charge on any atom is -0.396 e. The number of rotatable bonds is 4. The lowest BCUT2D eigenvalue weighted by Gasteiger charge is -2.06. The first-order valence-electron chi connectivity index (χ1n) is 6.49. The Labute approximate surface area is 98.0 Å². The Morgan fingerprint density at radius 1 is 1.44 bits per heavy atom. The predicted octanol–water partition coefficient (Wildman–Crippen LogP) is 3.17. The first-order chi connectivity index (χ1) is 7.66. The fourth-order valence-electron chi connectivity index (χ4n) is 2.47. The lowest BCUT2D eigenvalue weighted by atomic mass is 10.0. The molecule has 1 aliphatic carbocycles. The van der Waals surface area contributed by atoms with Gasteiger partial charge in [-0.3, -0.25) is 4.68 Å². The van der Waals surface area contributed by atoms with Crippen LogP contribution < -0.4 is 5.73 Å². The lowest BCUT2D eigenvalue weighted by molar-refractivity contribution is 0.481. The van der Waals surface area contributed by atoms with Crippen molar-refractivity contribution in [3.63, 3.8) is 0 Å². The predicted molar refractivity (Wildman–Crippen MR) is 67.3 cm³/mol. The molecule has 0 radical (unpaired) electrons. The molecule has 0 unspecified atom stereocenters. The molecule has 0 atom stereocenters. The summed E-state index contributed by atoms with van der Waals surface area (Å²) in [6.07, 6.45) is 8.39. The van der Waals surface area contributed by atoms with Gasteiger partial charge in [0.25, 0.3) is 0 Å². The largest absolute Gasteiger partial charge is 0.396 e. The minimum atomic E-state index is 0.625. The van der Waals surface area contributed by atoms with E-state index in [0.717, 1.165) is 23.8 Å². The number of anilines is 1. The molecule has 1 aromatic rings. The summed E-state index contributed by atoms with van der Waals surface area (Å²) in [5.41, 5.74) is 8.10. The van der Waals surface area contributed by atoms with Crippen molar-refractivity contribution < 1.29 is 0 Å². The highest BCUT2D eigenvalue weighted by Gasteiger charge is 2.22. The Balaban J connectivity index is 2.03. The monoisotopic (exact) mass is 221 g/mol. The highest BCUT2D eigenvalue weighted by atomic mass is 15.3. The Bertz CT molecular complexity index is 335. The van der Waals surface area contributed by atoms with E-state index in [9.17, 15) is 0 Å². The second-order valence-corrected chi connectivity index (χ2v) is 5.40. The van der Waals surface area contributed by atoms with Crippen LogP contribution in [0.2, 0.25) is 0 Å². The Hall–Kier alpha value is -0.990. The molecule has 0 aromatic carbocycles. The summed E-state index contributed by atoms with van der Waals surface area (Å²) in [5.74, 6) is 1.35. The number of aryl methyl sites for hydroxylation is 1. The number of nitrogens with two attached hydrogens (primary N) is 1. The van der Waals surface area contributed by atoms with Crippen LogP contribution >= 0.6 is 0 Å². The fourth-order valence-corrected chi connectivity index (χ4v) is 2.47. The van der Waals surface area contributed by atoms with E-state index in [2.05, 4.69) is 18.9 Å². The van der Waals surface area contributed by atoms with Crippen LogP contribution in [0, 0.1) is 5.92 Å². The van der Waals surface area contributed by atoms with Crippen LogP contribution in [0.15, 0.2) is 6.20 Å². The molecule has 0 amide bonds. The van der Waals surface area contributed by atoms with Crippen molar-refractivity contribution in [2.75, 3.05) is 5.73 Å². The SMILES string of the molecule is CC(C)CCn1cc(N)c(C2CCCC2)n1. The number of hydrogen-bond donors (Lipinski definition) is 1. The zero-order valence-corrected chi connectivity index (χ0v) is 10.4. The quantitative estimate of drug-likeness (QED) is 0.848. The summed E-state index contributed by atoms with van der Waals surface area (Å²) in [7, 11) is 0. The molecular weight excluding hydrogens is 198 g/mol. The van der Waals surface area contributed by atoms with Crippen molar-refractivity contribution in [2.24, 2.45) is 5.92 Å². The molecular formula is C13H23N3. The maximum Gasteiger partial charge on any atom is 0.0884 e. The fraction of sp³-hybridized carbons (Fsp3) is 0.769. The average Bonchev–Trinajstić information content (AvgIpc) is 2.83. The molecule has 0 saturated heterocycles. The second-order valence-electron chi connectivity index (χ2n) is 5.40. The minimum absolute atomic E-state index is 0.625. The first-order valence-corrected chi connectivity index (χ1v) is 6.49. The highest BCUT2D eigenvalue weighted by molar-refractivity contribution is 5.43. The van der Waals surface area contributed by atoms with E-state index in [1.54, 1.807) is 0 Å². The molecule has 1 aliphatic rings. The van der Waals surface area contributed by atoms with Gasteiger partial charge in [-0.1, -0.05) is 26.7 Å². The van der Waals surface area contributed by atoms with Gasteiger partial charge in [0.05, 0.1) is 11.4 Å². The van der Waals surface area contributed by atoms with Crippen LogP contribution in [0.4, 0.5) is 5.69 Å². The standard InChI is InChI=1S/C13H23N3/c1-10(2)7-8-16-9-12(14)13(15-16)11-5-3-4-6-11/h9-11H,3-8,14H2,1-2H3. The topological polar surface area (TPSA) is 43.8 Å². The van der Waals surface area contributed by atoms with Crippen molar-refractivity contribution in [3.8, 4) is 0 Å². The van der Waals surface area contributed by atoms with E-state index >= 15 is 0 Å². The summed E-state index contributed by atoms with van der Waals surface area (Å²) >= 11 is 0. The van der Waals surface area contributed by atoms with Gasteiger partial charge in [0, 0.05) is 18.7 Å². The van der Waals surface area contributed by atoms with Gasteiger partial charge in [0.15, 0.2) is 0 Å². The van der Waals surface area contributed by atoms with Gasteiger partial charge in [0.1, 0.15) is 0 Å². The number of nitrogen functional groups attached to an aromatic ring is 1. The van der Waals surface area contributed by atoms with Crippen molar-refractivity contribution in [2.45, 2.75) is 58.4 Å². The summed E-state index contributed by atoms with van der Waals surface area (Å²) < 4.78 is 2.03. The molecule has 2 N–H and O–H groups in total. The van der Waals surface area contributed by atoms with Crippen LogP contribution in [0.1, 0.15) is 57.6 Å². The first kappa shape index (κ1) is 11.5. The van der Waals surface area contributed by atoms with Gasteiger partial charge in [-0.2, -0.15) is 5.10 Å². The van der Waals surface area contributed by atoms with Gasteiger partial charge in [-0.05, 0) is 25.2 Å². The van der Waals surface area contributed by atoms with E-state index in [0.29, 0.717) is 5.92 Å². The summed E-state index contributed by atoms with van der Waals surface area (Å²) in [6.45, 7) is 5.48. The maximum absolute atomic E-state index is 6.04. The van der Waals surface area contributed by atoms with Crippen LogP contribution in [0.3, 0.4) is 0 Å². The van der Waals surface area contributed by atoms with Crippen molar-refractivity contribution >= 4 is 5.69 Å². The molecule has 0 bridgehead atoms. The van der Waals surface area contributed by atoms with Gasteiger partial charge >= 0.3 is 0 Å². The highest BCUT2D eigenvalue weighted by Crippen LogP contribution is 2.35. The van der Waals surface area contributed by atoms with Crippen molar-refractivity contribution in [1.82, 2.24) is 9.78 Å². The van der Waals surface area contributed by atoms with Gasteiger partial charge in [-0.25, -0.2) is 0 Å². The lowest BCUT2D eigenvalue weighted by Crippen LogP contribution is -2.03. The molecule has 0 aliphatic heterocycles. The molecule has 1 aromatic heterocycles. The van der Waals surface area contributed by atoms with Crippen LogP contribution in [-0.2, 0) is 6.54 Å². The van der Waals surface area contributed by atoms with E-state index in [1.807, 2.05) is 10.9 Å². The number of hydrogen-bond acceptors (Lipinski definition) is 2. The third-order valence-corrected chi connectivity index (χ3v) is 3.50. The maximum atomic E-state index is 6.04. The number of aromatic nitrogens is 2. The Morgan fingerprint density at radius 3 is 2.75 bits per heavy atom. The average molecular weight is 221 g/mol. The summed E-state index contributed by atoms with van der Waals surface area (Å²) in [6, 6.07) is 0. The van der Waals surface area contributed by atoms with Gasteiger partial charge < -0.3 is 5.73 Å². The van der Waals surface area contributed by atoms with Crippen LogP contribution in [0.5, 0.6) is 0 Å². The molecule has 1 fully saturated rings. The molecule has 16 heavy (non-hydrogen) atoms. The molecule has 1 heterocycles. The molecule has 2 rings (SSSR count). The van der Waals surface area contributed by atoms with E-state index in [-0.39, 0.29) is 0 Å². The number of nitrogens with zero attached hydrogens (tertiary/aromatic N) is 2. The zero-order valence-electron chi connectivity index (χ0n) is 10.4. The third-order valence-electron chi connectivity index (χ3n) is 3.50. The Morgan fingerprint density at radius 2 is 2.12 bits per heavy atom. The van der Waals surface area contributed by atoms with Gasteiger partial charge in [-0.15, -0.1) is 0 Å². The third kappa shape index (κ3) is 2.57. The smallest absolute Gasteiger partial charge is 0.0884 e. The van der Waals surface area contributed by atoms with Gasteiger partial charge in [0.2, 0.25) is 0 Å². The van der Waals surface area contributed by atoms with Crippen LogP contribution in [0.25, 0.3) is 0 Å². The Kier molecular flexibility index (Phi) is 3.52. The summed E-state index contributed by atoms with van der Waals surface area (Å²) in [5, 5.41) is 4.66. The van der Waals surface area contributed by atoms with Crippen LogP contribution in [-0.4, -0.2) is 9.78 Å². The molecule has 1 saturated carbocycles. The van der Waals surface area contributed by atoms with Crippen molar-refractivity contribution in [3.05, 3.63) is 11.9 Å². The van der Waals surface area contributed by atoms with E-state index in [4.69, 9.17) is 5.73 Å². The molecule has 90 valence electrons. The zero-order chi connectivity index (χ0) is 11.5. The summed E-state index contributed by atoms with van der Waals surface area (Å²) in [4.78, 5) is 0. The second kappa shape index (κ2) is 4.89. The normalized spacial score (nSPS) is 17.4. The molecule has 3 nitrogen and oxygen atoms in total. The van der Waals surface area contributed by atoms with Crippen molar-refractivity contribution in [1.29, 1.82) is 0 Å². The molecule has 0 spiro atoms. The molecule has 3 heteroatoms. The van der Waals surface area contributed by atoms with E-state index < -0.39 is 0 Å². The van der Waals surface area contributed by atoms with E-state index in [1.165, 1.54) is 32.1 Å².